The Bertz CT molecular complexity index is 151. The maximum atomic E-state index is 11.2. The van der Waals surface area contributed by atoms with Crippen LogP contribution in [0.1, 0.15) is 33.1 Å². The molecule has 0 aliphatic heterocycles. The summed E-state index contributed by atoms with van der Waals surface area (Å²) in [7, 11) is 0. The fourth-order valence-corrected chi connectivity index (χ4v) is 0.911. The first-order valence-corrected chi connectivity index (χ1v) is 5.33. The minimum absolute atomic E-state index is 0.0911. The van der Waals surface area contributed by atoms with Gasteiger partial charge in [-0.2, -0.15) is 0 Å². The van der Waals surface area contributed by atoms with Crippen molar-refractivity contribution < 1.29 is 9.53 Å². The first-order valence-electron chi connectivity index (χ1n) is 5.33. The molecule has 0 unspecified atom stereocenters. The predicted octanol–water partition coefficient (Wildman–Crippen LogP) is 0.657. The molecule has 1 atom stereocenters. The number of carbonyl (C=O) groups excluding carboxylic acids is 1. The summed E-state index contributed by atoms with van der Waals surface area (Å²) in [5.41, 5.74) is 5.53. The Hall–Kier alpha value is -0.610. The summed E-state index contributed by atoms with van der Waals surface area (Å²) in [5.74, 6) is -0.0911. The molecule has 0 saturated heterocycles. The molecule has 0 fully saturated rings. The van der Waals surface area contributed by atoms with E-state index in [9.17, 15) is 4.79 Å². The van der Waals surface area contributed by atoms with Gasteiger partial charge in [-0.1, -0.05) is 20.3 Å². The van der Waals surface area contributed by atoms with Crippen LogP contribution in [0.5, 0.6) is 0 Å². The highest BCUT2D eigenvalue weighted by molar-refractivity contribution is 5.81. The number of hydrogen-bond acceptors (Lipinski definition) is 3. The summed E-state index contributed by atoms with van der Waals surface area (Å²) in [4.78, 5) is 11.2. The van der Waals surface area contributed by atoms with E-state index >= 15 is 0 Å². The summed E-state index contributed by atoms with van der Waals surface area (Å²) < 4.78 is 5.28. The fraction of sp³-hybridized carbons (Fsp3) is 0.900. The number of unbranched alkanes of at least 4 members (excludes halogenated alkanes) is 1. The lowest BCUT2D eigenvalue weighted by Gasteiger charge is -2.09. The zero-order valence-electron chi connectivity index (χ0n) is 9.21. The maximum absolute atomic E-state index is 11.2. The minimum Gasteiger partial charge on any atom is -0.380 e. The monoisotopic (exact) mass is 202 g/mol. The molecule has 0 heterocycles. The lowest BCUT2D eigenvalue weighted by molar-refractivity contribution is -0.122. The van der Waals surface area contributed by atoms with Crippen LogP contribution in [-0.4, -0.2) is 31.7 Å². The molecule has 4 heteroatoms. The molecular formula is C10H22N2O2. The van der Waals surface area contributed by atoms with Gasteiger partial charge >= 0.3 is 0 Å². The number of ether oxygens (including phenoxy) is 1. The van der Waals surface area contributed by atoms with Crippen LogP contribution in [0, 0.1) is 0 Å². The Labute approximate surface area is 86.2 Å². The van der Waals surface area contributed by atoms with Crippen LogP contribution in [-0.2, 0) is 9.53 Å². The standard InChI is InChI=1S/C10H22N2O2/c1-3-5-7-14-8-6-12-10(13)9(11)4-2/h9H,3-8,11H2,1-2H3,(H,12,13)/t9-/m0/s1. The first-order chi connectivity index (χ1) is 6.72. The molecule has 84 valence electrons. The van der Waals surface area contributed by atoms with Gasteiger partial charge in [0.05, 0.1) is 12.6 Å². The number of nitrogens with one attached hydrogen (secondary N) is 1. The van der Waals surface area contributed by atoms with Crippen molar-refractivity contribution in [3.63, 3.8) is 0 Å². The van der Waals surface area contributed by atoms with Gasteiger partial charge in [-0.3, -0.25) is 4.79 Å². The van der Waals surface area contributed by atoms with Crippen LogP contribution in [0.3, 0.4) is 0 Å². The maximum Gasteiger partial charge on any atom is 0.236 e. The van der Waals surface area contributed by atoms with Crippen LogP contribution in [0.2, 0.25) is 0 Å². The quantitative estimate of drug-likeness (QED) is 0.568. The van der Waals surface area contributed by atoms with E-state index in [1.807, 2.05) is 6.92 Å². The number of hydrogen-bond donors (Lipinski definition) is 2. The topological polar surface area (TPSA) is 64.3 Å². The Morgan fingerprint density at radius 1 is 1.43 bits per heavy atom. The van der Waals surface area contributed by atoms with Crippen molar-refractivity contribution in [2.45, 2.75) is 39.2 Å². The summed E-state index contributed by atoms with van der Waals surface area (Å²) in [6.45, 7) is 5.90. The summed E-state index contributed by atoms with van der Waals surface area (Å²) >= 11 is 0. The van der Waals surface area contributed by atoms with E-state index in [1.54, 1.807) is 0 Å². The Kier molecular flexibility index (Phi) is 8.57. The average Bonchev–Trinajstić information content (AvgIpc) is 2.21. The van der Waals surface area contributed by atoms with E-state index < -0.39 is 0 Å². The largest absolute Gasteiger partial charge is 0.380 e. The SMILES string of the molecule is CCCCOCCNC(=O)[C@@H](N)CC. The van der Waals surface area contributed by atoms with Gasteiger partial charge in [0.15, 0.2) is 0 Å². The van der Waals surface area contributed by atoms with Gasteiger partial charge in [0.25, 0.3) is 0 Å². The highest BCUT2D eigenvalue weighted by Crippen LogP contribution is 1.87. The van der Waals surface area contributed by atoms with Crippen molar-refractivity contribution in [2.75, 3.05) is 19.8 Å². The Balaban J connectivity index is 3.23. The fourth-order valence-electron chi connectivity index (χ4n) is 0.911. The Morgan fingerprint density at radius 3 is 2.71 bits per heavy atom. The normalized spacial score (nSPS) is 12.5. The molecule has 1 amide bonds. The van der Waals surface area contributed by atoms with Crippen molar-refractivity contribution in [3.8, 4) is 0 Å². The third-order valence-corrected chi connectivity index (χ3v) is 1.96. The molecule has 0 radical (unpaired) electrons. The molecule has 3 N–H and O–H groups in total. The second-order valence-electron chi connectivity index (χ2n) is 3.27. The van der Waals surface area contributed by atoms with Crippen molar-refractivity contribution in [1.29, 1.82) is 0 Å². The van der Waals surface area contributed by atoms with Gasteiger partial charge in [0.1, 0.15) is 0 Å². The van der Waals surface area contributed by atoms with E-state index in [-0.39, 0.29) is 11.9 Å². The van der Waals surface area contributed by atoms with E-state index in [4.69, 9.17) is 10.5 Å². The van der Waals surface area contributed by atoms with Gasteiger partial charge in [0.2, 0.25) is 5.91 Å². The third-order valence-electron chi connectivity index (χ3n) is 1.96. The van der Waals surface area contributed by atoms with Crippen LogP contribution in [0.4, 0.5) is 0 Å². The number of amides is 1. The molecule has 0 spiro atoms. The molecule has 0 saturated carbocycles. The lowest BCUT2D eigenvalue weighted by Crippen LogP contribution is -2.41. The third kappa shape index (κ3) is 6.86. The van der Waals surface area contributed by atoms with Crippen LogP contribution < -0.4 is 11.1 Å². The van der Waals surface area contributed by atoms with E-state index in [0.29, 0.717) is 19.6 Å². The molecule has 0 aromatic heterocycles. The van der Waals surface area contributed by atoms with Gasteiger partial charge in [-0.25, -0.2) is 0 Å². The van der Waals surface area contributed by atoms with Crippen molar-refractivity contribution in [3.05, 3.63) is 0 Å². The number of carbonyl (C=O) groups is 1. The zero-order chi connectivity index (χ0) is 10.8. The molecule has 0 aromatic rings. The van der Waals surface area contributed by atoms with Crippen LogP contribution in [0.25, 0.3) is 0 Å². The lowest BCUT2D eigenvalue weighted by atomic mass is 10.2. The van der Waals surface area contributed by atoms with Crippen molar-refractivity contribution in [2.24, 2.45) is 5.73 Å². The molecule has 0 aromatic carbocycles. The molecular weight excluding hydrogens is 180 g/mol. The zero-order valence-corrected chi connectivity index (χ0v) is 9.21. The highest BCUT2D eigenvalue weighted by atomic mass is 16.5. The van der Waals surface area contributed by atoms with Gasteiger partial charge < -0.3 is 15.8 Å². The first kappa shape index (κ1) is 13.4. The van der Waals surface area contributed by atoms with Crippen molar-refractivity contribution in [1.82, 2.24) is 5.32 Å². The molecule has 0 aliphatic rings. The molecule has 14 heavy (non-hydrogen) atoms. The van der Waals surface area contributed by atoms with Crippen LogP contribution in [0.15, 0.2) is 0 Å². The van der Waals surface area contributed by atoms with E-state index in [1.165, 1.54) is 0 Å². The van der Waals surface area contributed by atoms with E-state index in [2.05, 4.69) is 12.2 Å². The minimum atomic E-state index is -0.384. The highest BCUT2D eigenvalue weighted by Gasteiger charge is 2.08. The van der Waals surface area contributed by atoms with Crippen LogP contribution >= 0.6 is 0 Å². The Morgan fingerprint density at radius 2 is 2.14 bits per heavy atom. The second kappa shape index (κ2) is 8.97. The van der Waals surface area contributed by atoms with Gasteiger partial charge in [0, 0.05) is 13.2 Å². The van der Waals surface area contributed by atoms with Crippen molar-refractivity contribution >= 4 is 5.91 Å². The van der Waals surface area contributed by atoms with Gasteiger partial charge in [-0.15, -0.1) is 0 Å². The van der Waals surface area contributed by atoms with E-state index in [0.717, 1.165) is 19.4 Å². The number of nitrogens with two attached hydrogens (primary N) is 1. The molecule has 0 rings (SSSR count). The average molecular weight is 202 g/mol. The molecule has 0 bridgehead atoms. The molecule has 4 nitrogen and oxygen atoms in total. The molecule has 0 aliphatic carbocycles. The van der Waals surface area contributed by atoms with Gasteiger partial charge in [-0.05, 0) is 12.8 Å². The summed E-state index contributed by atoms with van der Waals surface area (Å²) in [6, 6.07) is -0.384. The summed E-state index contributed by atoms with van der Waals surface area (Å²) in [6.07, 6.45) is 2.87. The second-order valence-corrected chi connectivity index (χ2v) is 3.27. The predicted molar refractivity (Wildman–Crippen MR) is 57.0 cm³/mol. The smallest absolute Gasteiger partial charge is 0.236 e. The summed E-state index contributed by atoms with van der Waals surface area (Å²) in [5, 5.41) is 2.72. The number of rotatable bonds is 8.